The van der Waals surface area contributed by atoms with E-state index in [2.05, 4.69) is 20.3 Å². The van der Waals surface area contributed by atoms with Crippen LogP contribution in [0.25, 0.3) is 16.9 Å². The maximum atomic E-state index is 12.7. The number of nitrogens with zero attached hydrogens (tertiary/aromatic N) is 4. The van der Waals surface area contributed by atoms with Crippen molar-refractivity contribution in [1.29, 1.82) is 0 Å². The Balaban J connectivity index is 1.96. The molecule has 0 fully saturated rings. The number of fused-ring (bicyclic) bond motifs is 1. The smallest absolute Gasteiger partial charge is 0.262 e. The fourth-order valence-corrected chi connectivity index (χ4v) is 3.11. The van der Waals surface area contributed by atoms with Gasteiger partial charge in [0.15, 0.2) is 22.9 Å². The highest BCUT2D eigenvalue weighted by Crippen LogP contribution is 2.32. The molecule has 4 aromatic rings. The number of azo groups is 1. The van der Waals surface area contributed by atoms with Crippen molar-refractivity contribution in [1.82, 2.24) is 14.6 Å². The third kappa shape index (κ3) is 3.41. The molecule has 9 heteroatoms. The number of benzene rings is 2. The van der Waals surface area contributed by atoms with Crippen LogP contribution in [-0.4, -0.2) is 20.4 Å². The number of hydrogen-bond acceptors (Lipinski definition) is 6. The Morgan fingerprint density at radius 3 is 2.45 bits per heavy atom. The molecule has 8 nitrogen and oxygen atoms in total. The van der Waals surface area contributed by atoms with Gasteiger partial charge in [-0.15, -0.1) is 10.2 Å². The van der Waals surface area contributed by atoms with Crippen LogP contribution >= 0.6 is 11.6 Å². The van der Waals surface area contributed by atoms with Gasteiger partial charge in [0.1, 0.15) is 5.56 Å². The Morgan fingerprint density at radius 2 is 1.79 bits per heavy atom. The lowest BCUT2D eigenvalue weighted by molar-refractivity contribution is 0.101. The van der Waals surface area contributed by atoms with Crippen LogP contribution in [0.3, 0.4) is 0 Å². The first-order valence-electron chi connectivity index (χ1n) is 8.64. The molecule has 0 aliphatic heterocycles. The Labute approximate surface area is 169 Å². The van der Waals surface area contributed by atoms with E-state index in [0.29, 0.717) is 22.0 Å². The number of rotatable bonds is 4. The van der Waals surface area contributed by atoms with Crippen LogP contribution in [-0.2, 0) is 0 Å². The van der Waals surface area contributed by atoms with Crippen molar-refractivity contribution in [2.24, 2.45) is 10.2 Å². The third-order valence-corrected chi connectivity index (χ3v) is 4.54. The van der Waals surface area contributed by atoms with E-state index in [0.717, 1.165) is 0 Å². The lowest BCUT2D eigenvalue weighted by atomic mass is 10.0. The summed E-state index contributed by atoms with van der Waals surface area (Å²) in [6.07, 6.45) is 0. The number of nitrogen functional groups attached to an aromatic ring is 1. The third-order valence-electron chi connectivity index (χ3n) is 4.29. The van der Waals surface area contributed by atoms with E-state index in [1.807, 2.05) is 6.07 Å². The highest BCUT2D eigenvalue weighted by molar-refractivity contribution is 6.30. The van der Waals surface area contributed by atoms with Crippen LogP contribution < -0.4 is 11.3 Å². The van der Waals surface area contributed by atoms with Gasteiger partial charge in [-0.2, -0.15) is 5.11 Å². The van der Waals surface area contributed by atoms with Crippen molar-refractivity contribution in [3.05, 3.63) is 75.5 Å². The van der Waals surface area contributed by atoms with Crippen molar-refractivity contribution in [2.75, 3.05) is 5.73 Å². The standard InChI is InChI=1S/C20H15ClN6O2/c1-11(28)15-17(12-5-3-2-4-6-12)27-19(23-20(15)29)16(18(22)26-27)25-24-14-9-7-13(21)8-10-14/h2-10H,1H3,(H2,22,26)(H,23,29). The minimum Gasteiger partial charge on any atom is -0.380 e. The summed E-state index contributed by atoms with van der Waals surface area (Å²) in [5.74, 6) is -0.318. The van der Waals surface area contributed by atoms with Gasteiger partial charge in [-0.1, -0.05) is 41.9 Å². The van der Waals surface area contributed by atoms with Gasteiger partial charge in [-0.3, -0.25) is 9.59 Å². The summed E-state index contributed by atoms with van der Waals surface area (Å²) in [7, 11) is 0. The number of aromatic amines is 1. The van der Waals surface area contributed by atoms with E-state index < -0.39 is 5.56 Å². The van der Waals surface area contributed by atoms with E-state index in [1.54, 1.807) is 48.5 Å². The number of aromatic nitrogens is 3. The molecule has 0 unspecified atom stereocenters. The van der Waals surface area contributed by atoms with E-state index in [-0.39, 0.29) is 28.5 Å². The maximum absolute atomic E-state index is 12.7. The molecule has 0 aliphatic rings. The first-order valence-corrected chi connectivity index (χ1v) is 9.01. The van der Waals surface area contributed by atoms with Crippen LogP contribution in [0.5, 0.6) is 0 Å². The number of carbonyl (C=O) groups is 1. The summed E-state index contributed by atoms with van der Waals surface area (Å²) in [6, 6.07) is 15.8. The number of carbonyl (C=O) groups excluding carboxylic acids is 1. The number of Topliss-reactive ketones (excluding diaryl/α,β-unsaturated/α-hetero) is 1. The van der Waals surface area contributed by atoms with E-state index in [1.165, 1.54) is 11.4 Å². The fourth-order valence-electron chi connectivity index (χ4n) is 2.99. The Kier molecular flexibility index (Phi) is 4.69. The number of hydrogen-bond donors (Lipinski definition) is 2. The molecule has 0 atom stereocenters. The lowest BCUT2D eigenvalue weighted by Gasteiger charge is -2.09. The zero-order valence-corrected chi connectivity index (χ0v) is 16.0. The number of nitrogens with two attached hydrogens (primary N) is 1. The van der Waals surface area contributed by atoms with Gasteiger partial charge < -0.3 is 10.7 Å². The molecule has 144 valence electrons. The van der Waals surface area contributed by atoms with Gasteiger partial charge in [0.05, 0.1) is 11.4 Å². The van der Waals surface area contributed by atoms with Crippen molar-refractivity contribution >= 4 is 40.2 Å². The first-order chi connectivity index (χ1) is 14.0. The highest BCUT2D eigenvalue weighted by atomic mass is 35.5. The second-order valence-corrected chi connectivity index (χ2v) is 6.71. The van der Waals surface area contributed by atoms with Crippen molar-refractivity contribution in [3.63, 3.8) is 0 Å². The van der Waals surface area contributed by atoms with E-state index in [9.17, 15) is 9.59 Å². The summed E-state index contributed by atoms with van der Waals surface area (Å²) in [4.78, 5) is 27.5. The quantitative estimate of drug-likeness (QED) is 0.382. The normalized spacial score (nSPS) is 11.4. The Bertz CT molecular complexity index is 1310. The summed E-state index contributed by atoms with van der Waals surface area (Å²) in [5, 5.41) is 13.2. The number of H-pyrrole nitrogens is 1. The number of anilines is 1. The van der Waals surface area contributed by atoms with Gasteiger partial charge in [0, 0.05) is 10.6 Å². The van der Waals surface area contributed by atoms with Crippen molar-refractivity contribution in [2.45, 2.75) is 6.92 Å². The van der Waals surface area contributed by atoms with E-state index in [4.69, 9.17) is 17.3 Å². The molecule has 0 saturated carbocycles. The fraction of sp³-hybridized carbons (Fsp3) is 0.0500. The topological polar surface area (TPSA) is 118 Å². The SMILES string of the molecule is CC(=O)c1c(-c2ccccc2)n2nc(N)c(N=Nc3ccc(Cl)cc3)c2[nH]c1=O. The van der Waals surface area contributed by atoms with Gasteiger partial charge in [0.25, 0.3) is 5.56 Å². The molecular weight excluding hydrogens is 392 g/mol. The first kappa shape index (κ1) is 18.6. The van der Waals surface area contributed by atoms with Crippen molar-refractivity contribution in [3.8, 4) is 11.3 Å². The predicted octanol–water partition coefficient (Wildman–Crippen LogP) is 4.54. The molecule has 0 aliphatic carbocycles. The van der Waals surface area contributed by atoms with Gasteiger partial charge >= 0.3 is 0 Å². The molecule has 2 aromatic carbocycles. The van der Waals surface area contributed by atoms with Crippen molar-refractivity contribution < 1.29 is 4.79 Å². The van der Waals surface area contributed by atoms with E-state index >= 15 is 0 Å². The molecule has 0 bridgehead atoms. The molecular formula is C20H15ClN6O2. The summed E-state index contributed by atoms with van der Waals surface area (Å²) in [6.45, 7) is 1.33. The zero-order valence-electron chi connectivity index (χ0n) is 15.3. The minimum atomic E-state index is -0.549. The monoisotopic (exact) mass is 406 g/mol. The Hall–Kier alpha value is -3.78. The Morgan fingerprint density at radius 1 is 1.10 bits per heavy atom. The minimum absolute atomic E-state index is 0.00705. The van der Waals surface area contributed by atoms with Crippen LogP contribution in [0.4, 0.5) is 17.2 Å². The average molecular weight is 407 g/mol. The second-order valence-electron chi connectivity index (χ2n) is 6.27. The molecule has 29 heavy (non-hydrogen) atoms. The maximum Gasteiger partial charge on any atom is 0.262 e. The molecule has 0 amide bonds. The number of halogens is 1. The molecule has 0 saturated heterocycles. The summed E-state index contributed by atoms with van der Waals surface area (Å²) in [5.41, 5.74) is 7.49. The molecule has 3 N–H and O–H groups in total. The summed E-state index contributed by atoms with van der Waals surface area (Å²) >= 11 is 5.88. The molecule has 0 radical (unpaired) electrons. The van der Waals surface area contributed by atoms with Gasteiger partial charge in [0.2, 0.25) is 0 Å². The zero-order chi connectivity index (χ0) is 20.5. The molecule has 4 rings (SSSR count). The molecule has 2 aromatic heterocycles. The van der Waals surface area contributed by atoms with Gasteiger partial charge in [-0.25, -0.2) is 4.52 Å². The number of nitrogens with one attached hydrogen (secondary N) is 1. The lowest BCUT2D eigenvalue weighted by Crippen LogP contribution is -2.21. The molecule has 2 heterocycles. The average Bonchev–Trinajstić information content (AvgIpc) is 3.01. The highest BCUT2D eigenvalue weighted by Gasteiger charge is 2.22. The van der Waals surface area contributed by atoms with Crippen LogP contribution in [0.2, 0.25) is 5.02 Å². The number of ketones is 1. The summed E-state index contributed by atoms with van der Waals surface area (Å²) < 4.78 is 1.42. The largest absolute Gasteiger partial charge is 0.380 e. The van der Waals surface area contributed by atoms with Gasteiger partial charge in [-0.05, 0) is 31.2 Å². The second kappa shape index (κ2) is 7.33. The van der Waals surface area contributed by atoms with Crippen LogP contribution in [0.15, 0.2) is 69.6 Å². The predicted molar refractivity (Wildman–Crippen MR) is 111 cm³/mol. The van der Waals surface area contributed by atoms with Crippen LogP contribution in [0, 0.1) is 0 Å². The molecule has 0 spiro atoms. The van der Waals surface area contributed by atoms with Crippen LogP contribution in [0.1, 0.15) is 17.3 Å².